The van der Waals surface area contributed by atoms with E-state index in [0.29, 0.717) is 19.4 Å². The molecule has 1 heterocycles. The molecule has 1 aromatic rings. The molecule has 0 saturated heterocycles. The molecule has 0 atom stereocenters. The number of hydrogen-bond donors (Lipinski definition) is 1. The highest BCUT2D eigenvalue weighted by atomic mass is 16.3. The first-order chi connectivity index (χ1) is 6.24. The zero-order valence-corrected chi connectivity index (χ0v) is 7.60. The second kappa shape index (κ2) is 4.71. The Kier molecular flexibility index (Phi) is 3.57. The third-order valence-corrected chi connectivity index (χ3v) is 1.74. The number of nitrogens with zero attached hydrogens (tertiary/aromatic N) is 3. The Balaban J connectivity index is 2.54. The fraction of sp³-hybridized carbons (Fsp3) is 0.625. The first-order valence-electron chi connectivity index (χ1n) is 4.21. The number of hydrogen-bond acceptors (Lipinski definition) is 4. The smallest absolute Gasteiger partial charge is 0.131 e. The predicted molar refractivity (Wildman–Crippen MR) is 46.1 cm³/mol. The molecule has 13 heavy (non-hydrogen) atoms. The minimum Gasteiger partial charge on any atom is -0.396 e. The minimum absolute atomic E-state index is 0.0768. The first kappa shape index (κ1) is 9.85. The molecule has 0 aliphatic heterocycles. The Labute approximate surface area is 76.4 Å². The molecular formula is C8H13N3O2. The van der Waals surface area contributed by atoms with Gasteiger partial charge in [0.2, 0.25) is 0 Å². The van der Waals surface area contributed by atoms with Crippen LogP contribution in [0.4, 0.5) is 0 Å². The Morgan fingerprint density at radius 1 is 1.69 bits per heavy atom. The van der Waals surface area contributed by atoms with Crippen molar-refractivity contribution >= 4 is 5.78 Å². The molecule has 1 N–H and O–H groups in total. The Morgan fingerprint density at radius 2 is 2.46 bits per heavy atom. The van der Waals surface area contributed by atoms with Crippen molar-refractivity contribution in [2.24, 2.45) is 0 Å². The van der Waals surface area contributed by atoms with E-state index < -0.39 is 0 Å². The van der Waals surface area contributed by atoms with Crippen molar-refractivity contribution in [3.63, 3.8) is 0 Å². The molecule has 0 amide bonds. The summed E-state index contributed by atoms with van der Waals surface area (Å²) in [6.45, 7) is 2.17. The molecular weight excluding hydrogens is 170 g/mol. The molecule has 0 aromatic carbocycles. The van der Waals surface area contributed by atoms with E-state index in [1.807, 2.05) is 0 Å². The van der Waals surface area contributed by atoms with Gasteiger partial charge in [-0.25, -0.2) is 4.68 Å². The summed E-state index contributed by atoms with van der Waals surface area (Å²) in [5, 5.41) is 16.2. The highest BCUT2D eigenvalue weighted by Gasteiger charge is 2.03. The molecule has 1 aromatic heterocycles. The van der Waals surface area contributed by atoms with Gasteiger partial charge in [-0.3, -0.25) is 4.79 Å². The number of Topliss-reactive ketones (excluding diaryl/α,β-unsaturated/α-hetero) is 1. The van der Waals surface area contributed by atoms with Gasteiger partial charge in [0.05, 0.1) is 11.9 Å². The highest BCUT2D eigenvalue weighted by molar-refractivity contribution is 5.75. The number of aromatic nitrogens is 3. The van der Waals surface area contributed by atoms with Crippen LogP contribution in [0.25, 0.3) is 0 Å². The molecule has 0 aliphatic rings. The van der Waals surface area contributed by atoms with E-state index in [2.05, 4.69) is 10.3 Å². The van der Waals surface area contributed by atoms with Crippen LogP contribution >= 0.6 is 0 Å². The van der Waals surface area contributed by atoms with Crippen LogP contribution in [0.3, 0.4) is 0 Å². The lowest BCUT2D eigenvalue weighted by Crippen LogP contribution is -2.09. The number of ketones is 1. The van der Waals surface area contributed by atoms with Crippen LogP contribution < -0.4 is 0 Å². The number of carbonyl (C=O) groups is 1. The van der Waals surface area contributed by atoms with E-state index >= 15 is 0 Å². The van der Waals surface area contributed by atoms with Gasteiger partial charge in [-0.15, -0.1) is 5.10 Å². The molecule has 0 aliphatic carbocycles. The van der Waals surface area contributed by atoms with Gasteiger partial charge in [0.25, 0.3) is 0 Å². The van der Waals surface area contributed by atoms with Gasteiger partial charge in [0.1, 0.15) is 5.78 Å². The summed E-state index contributed by atoms with van der Waals surface area (Å²) >= 11 is 0. The van der Waals surface area contributed by atoms with Crippen LogP contribution in [0.1, 0.15) is 19.0 Å². The van der Waals surface area contributed by atoms with Crippen molar-refractivity contribution in [3.8, 4) is 0 Å². The summed E-state index contributed by atoms with van der Waals surface area (Å²) in [6, 6.07) is 0. The highest BCUT2D eigenvalue weighted by Crippen LogP contribution is 1.98. The quantitative estimate of drug-likeness (QED) is 0.686. The molecule has 0 bridgehead atoms. The van der Waals surface area contributed by atoms with Crippen LogP contribution in [-0.2, 0) is 17.8 Å². The number of aryl methyl sites for hydroxylation is 1. The summed E-state index contributed by atoms with van der Waals surface area (Å²) in [7, 11) is 0. The third-order valence-electron chi connectivity index (χ3n) is 1.74. The molecule has 0 radical (unpaired) electrons. The van der Waals surface area contributed by atoms with Crippen LogP contribution in [0.2, 0.25) is 0 Å². The van der Waals surface area contributed by atoms with Crippen molar-refractivity contribution in [1.29, 1.82) is 0 Å². The predicted octanol–water partition coefficient (Wildman–Crippen LogP) is -0.208. The van der Waals surface area contributed by atoms with Crippen molar-refractivity contribution in [1.82, 2.24) is 15.0 Å². The molecule has 1 rings (SSSR count). The fourth-order valence-electron chi connectivity index (χ4n) is 1.04. The van der Waals surface area contributed by atoms with E-state index in [-0.39, 0.29) is 12.4 Å². The molecule has 5 heteroatoms. The zero-order chi connectivity index (χ0) is 9.68. The van der Waals surface area contributed by atoms with E-state index in [0.717, 1.165) is 5.69 Å². The van der Waals surface area contributed by atoms with Gasteiger partial charge in [0.15, 0.2) is 0 Å². The van der Waals surface area contributed by atoms with Gasteiger partial charge < -0.3 is 5.11 Å². The van der Waals surface area contributed by atoms with Crippen molar-refractivity contribution in [2.45, 2.75) is 26.3 Å². The van der Waals surface area contributed by atoms with E-state index in [1.165, 1.54) is 0 Å². The minimum atomic E-state index is 0.0768. The van der Waals surface area contributed by atoms with Gasteiger partial charge in [0, 0.05) is 26.0 Å². The first-order valence-corrected chi connectivity index (χ1v) is 4.21. The number of aliphatic hydroxyl groups excluding tert-OH is 1. The Morgan fingerprint density at radius 3 is 3.08 bits per heavy atom. The van der Waals surface area contributed by atoms with Crippen LogP contribution in [0.5, 0.6) is 0 Å². The standard InChI is InChI=1S/C8H13N3O2/c1-7(13)2-4-11-8(3-5-12)6-9-10-11/h6,12H,2-5H2,1H3. The van der Waals surface area contributed by atoms with Crippen LogP contribution in [0, 0.1) is 0 Å². The van der Waals surface area contributed by atoms with Gasteiger partial charge in [-0.05, 0) is 6.92 Å². The molecule has 72 valence electrons. The molecule has 0 fully saturated rings. The number of carbonyl (C=O) groups excluding carboxylic acids is 1. The lowest BCUT2D eigenvalue weighted by atomic mass is 10.3. The zero-order valence-electron chi connectivity index (χ0n) is 7.60. The van der Waals surface area contributed by atoms with E-state index in [1.54, 1.807) is 17.8 Å². The maximum Gasteiger partial charge on any atom is 0.131 e. The average Bonchev–Trinajstić information content (AvgIpc) is 2.49. The summed E-state index contributed by atoms with van der Waals surface area (Å²) in [5.41, 5.74) is 0.865. The van der Waals surface area contributed by atoms with E-state index in [9.17, 15) is 4.79 Å². The Bertz CT molecular complexity index is 283. The Hall–Kier alpha value is -1.23. The largest absolute Gasteiger partial charge is 0.396 e. The average molecular weight is 183 g/mol. The van der Waals surface area contributed by atoms with Gasteiger partial charge in [-0.1, -0.05) is 5.21 Å². The van der Waals surface area contributed by atoms with Crippen LogP contribution in [-0.4, -0.2) is 32.5 Å². The summed E-state index contributed by atoms with van der Waals surface area (Å²) in [5.74, 6) is 0.130. The van der Waals surface area contributed by atoms with Crippen molar-refractivity contribution in [3.05, 3.63) is 11.9 Å². The molecule has 5 nitrogen and oxygen atoms in total. The van der Waals surface area contributed by atoms with Crippen LogP contribution in [0.15, 0.2) is 6.20 Å². The van der Waals surface area contributed by atoms with Crippen molar-refractivity contribution in [2.75, 3.05) is 6.61 Å². The number of rotatable bonds is 5. The lowest BCUT2D eigenvalue weighted by Gasteiger charge is -2.02. The monoisotopic (exact) mass is 183 g/mol. The SMILES string of the molecule is CC(=O)CCn1nncc1CCO. The van der Waals surface area contributed by atoms with Gasteiger partial charge >= 0.3 is 0 Å². The molecule has 0 spiro atoms. The summed E-state index contributed by atoms with van der Waals surface area (Å²) in [6.07, 6.45) is 2.60. The third kappa shape index (κ3) is 2.95. The lowest BCUT2D eigenvalue weighted by molar-refractivity contribution is -0.117. The normalized spacial score (nSPS) is 10.3. The second-order valence-corrected chi connectivity index (χ2v) is 2.87. The topological polar surface area (TPSA) is 68.0 Å². The fourth-order valence-corrected chi connectivity index (χ4v) is 1.04. The van der Waals surface area contributed by atoms with Crippen molar-refractivity contribution < 1.29 is 9.90 Å². The molecule has 0 saturated carbocycles. The van der Waals surface area contributed by atoms with Gasteiger partial charge in [-0.2, -0.15) is 0 Å². The number of aliphatic hydroxyl groups is 1. The summed E-state index contributed by atoms with van der Waals surface area (Å²) in [4.78, 5) is 10.7. The van der Waals surface area contributed by atoms with E-state index in [4.69, 9.17) is 5.11 Å². The maximum absolute atomic E-state index is 10.7. The molecule has 0 unspecified atom stereocenters. The summed E-state index contributed by atoms with van der Waals surface area (Å²) < 4.78 is 1.65. The maximum atomic E-state index is 10.7. The second-order valence-electron chi connectivity index (χ2n) is 2.87.